The minimum atomic E-state index is -3.27. The molecule has 0 aromatic heterocycles. The van der Waals surface area contributed by atoms with Crippen molar-refractivity contribution in [2.45, 2.75) is 91.9 Å². The van der Waals surface area contributed by atoms with Crippen molar-refractivity contribution in [3.8, 4) is 61.7 Å². The predicted octanol–water partition coefficient (Wildman–Crippen LogP) is 4.65. The smallest absolute Gasteiger partial charge is 0.264 e. The maximum atomic E-state index is 10.3. The van der Waals surface area contributed by atoms with E-state index >= 15 is 0 Å². The maximum Gasteiger partial charge on any atom is 0.264 e. The van der Waals surface area contributed by atoms with E-state index in [9.17, 15) is 13.2 Å². The zero-order chi connectivity index (χ0) is 35.3. The molecule has 0 aromatic carbocycles. The minimum absolute atomic E-state index is 0.173. The summed E-state index contributed by atoms with van der Waals surface area (Å²) in [5.41, 5.74) is 0. The zero-order valence-corrected chi connectivity index (χ0v) is 31.2. The van der Waals surface area contributed by atoms with Crippen LogP contribution in [0, 0.1) is 61.7 Å². The zero-order valence-electron chi connectivity index (χ0n) is 27.9. The van der Waals surface area contributed by atoms with Crippen LogP contribution in [0.3, 0.4) is 0 Å². The quantitative estimate of drug-likeness (QED) is 0.0716. The predicted molar refractivity (Wildman–Crippen MR) is 200 cm³/mol. The van der Waals surface area contributed by atoms with Crippen LogP contribution in [0.5, 0.6) is 0 Å². The van der Waals surface area contributed by atoms with Crippen LogP contribution in [0.1, 0.15) is 91.9 Å². The van der Waals surface area contributed by atoms with E-state index in [0.29, 0.717) is 19.3 Å². The van der Waals surface area contributed by atoms with Gasteiger partial charge < -0.3 is 22.6 Å². The fourth-order valence-electron chi connectivity index (χ4n) is 2.06. The molecule has 44 heavy (non-hydrogen) atoms. The van der Waals surface area contributed by atoms with Crippen LogP contribution in [0.2, 0.25) is 0 Å². The molecule has 0 aliphatic rings. The van der Waals surface area contributed by atoms with Crippen molar-refractivity contribution < 1.29 is 27.4 Å². The molecule has 0 aliphatic heterocycles. The van der Waals surface area contributed by atoms with Crippen molar-refractivity contribution in [1.29, 1.82) is 0 Å². The summed E-state index contributed by atoms with van der Waals surface area (Å²) in [6.45, 7) is 12.5. The summed E-state index contributed by atoms with van der Waals surface area (Å²) in [7, 11) is -3.27. The number of nitrogens with one attached hydrogen (secondary N) is 1. The fourth-order valence-corrected chi connectivity index (χ4v) is 3.36. The van der Waals surface area contributed by atoms with Crippen molar-refractivity contribution >= 4 is 52.3 Å². The summed E-state index contributed by atoms with van der Waals surface area (Å²) in [6, 6.07) is 0. The lowest BCUT2D eigenvalue weighted by Crippen LogP contribution is -3.11. The number of aliphatic hydroxyl groups is 1. The second kappa shape index (κ2) is 53.9. The Kier molecular flexibility index (Phi) is 67.1. The molecule has 0 heterocycles. The SMILES string of the molecule is C#CCCCO.C#CCCCOS(C)(=O)=O.C#CCCCS.C#CCCCSC(C)=O.C#CCCC[S-].CC[NH+](CC)CC. The van der Waals surface area contributed by atoms with Crippen LogP contribution < -0.4 is 4.90 Å². The van der Waals surface area contributed by atoms with E-state index < -0.39 is 10.1 Å². The van der Waals surface area contributed by atoms with Crippen LogP contribution in [0.4, 0.5) is 0 Å². The molecule has 0 saturated heterocycles. The van der Waals surface area contributed by atoms with Crippen molar-refractivity contribution in [3.05, 3.63) is 0 Å². The van der Waals surface area contributed by atoms with Gasteiger partial charge in [-0.1, -0.05) is 18.2 Å². The number of hydrogen-bond donors (Lipinski definition) is 3. The molecule has 0 bridgehead atoms. The van der Waals surface area contributed by atoms with Gasteiger partial charge in [0.2, 0.25) is 0 Å². The molecular weight excluding hydrogens is 631 g/mol. The van der Waals surface area contributed by atoms with E-state index in [1.165, 1.54) is 31.4 Å². The molecule has 0 radical (unpaired) electrons. The Labute approximate surface area is 288 Å². The van der Waals surface area contributed by atoms with E-state index in [-0.39, 0.29) is 18.3 Å². The number of rotatable bonds is 16. The molecule has 0 atom stereocenters. The van der Waals surface area contributed by atoms with Gasteiger partial charge in [0.25, 0.3) is 10.1 Å². The van der Waals surface area contributed by atoms with Crippen molar-refractivity contribution in [3.63, 3.8) is 0 Å². The molecule has 0 fully saturated rings. The third-order valence-corrected chi connectivity index (χ3v) is 6.56. The maximum absolute atomic E-state index is 10.3. The van der Waals surface area contributed by atoms with Gasteiger partial charge in [-0.15, -0.1) is 61.7 Å². The molecule has 0 spiro atoms. The average molecular weight is 690 g/mol. The first kappa shape index (κ1) is 54.8. The molecule has 6 nitrogen and oxygen atoms in total. The van der Waals surface area contributed by atoms with Crippen molar-refractivity contribution in [2.24, 2.45) is 0 Å². The standard InChI is InChI=1S/C7H10OS.C6H15N.C6H10O3S.C5H8O.2C5H8S/c1-3-4-5-6-9-7(2)8;1-4-7(5-2)6-3;1-3-4-5-6-9-10(2,7)8;3*1-2-3-4-5-6/h1H,4-6H2,2H3;4-6H2,1-3H3;1H,4-6H2,2H3;3*1,6H,3-5H2. The normalized spacial score (nSPS) is 8.82. The second-order valence-corrected chi connectivity index (χ2v) is 12.1. The summed E-state index contributed by atoms with van der Waals surface area (Å²) >= 11 is 9.92. The Morgan fingerprint density at radius 1 is 0.818 bits per heavy atom. The highest BCUT2D eigenvalue weighted by molar-refractivity contribution is 8.13. The lowest BCUT2D eigenvalue weighted by molar-refractivity contribution is -0.894. The molecule has 0 unspecified atom stereocenters. The number of thioether (sulfide) groups is 1. The number of aliphatic hydroxyl groups excluding tert-OH is 1. The van der Waals surface area contributed by atoms with Crippen LogP contribution >= 0.6 is 24.4 Å². The van der Waals surface area contributed by atoms with Gasteiger partial charge in [-0.05, 0) is 52.2 Å². The van der Waals surface area contributed by atoms with E-state index in [4.69, 9.17) is 37.2 Å². The second-order valence-electron chi connectivity index (χ2n) is 8.37. The van der Waals surface area contributed by atoms with Gasteiger partial charge in [0.1, 0.15) is 0 Å². The molecule has 2 N–H and O–H groups in total. The molecule has 0 aliphatic carbocycles. The Hall–Kier alpha value is -1.65. The van der Waals surface area contributed by atoms with Crippen molar-refractivity contribution in [1.82, 2.24) is 0 Å². The highest BCUT2D eigenvalue weighted by Gasteiger charge is 1.98. The monoisotopic (exact) mass is 689 g/mol. The Morgan fingerprint density at radius 2 is 1.23 bits per heavy atom. The third kappa shape index (κ3) is 90.0. The molecule has 10 heteroatoms. The Balaban J connectivity index is -0.0000000998. The fraction of sp³-hybridized carbons (Fsp3) is 0.676. The van der Waals surface area contributed by atoms with Crippen LogP contribution in [-0.4, -0.2) is 75.0 Å². The topological polar surface area (TPSA) is 85.1 Å². The molecule has 0 aromatic rings. The van der Waals surface area contributed by atoms with Gasteiger partial charge in [0, 0.05) is 51.4 Å². The summed E-state index contributed by atoms with van der Waals surface area (Å²) < 4.78 is 25.0. The largest absolute Gasteiger partial charge is 0.793 e. The lowest BCUT2D eigenvalue weighted by atomic mass is 10.3. The van der Waals surface area contributed by atoms with Gasteiger partial charge in [-0.25, -0.2) is 0 Å². The first-order valence-electron chi connectivity index (χ1n) is 14.7. The van der Waals surface area contributed by atoms with E-state index in [2.05, 4.69) is 79.8 Å². The highest BCUT2D eigenvalue weighted by Crippen LogP contribution is 2.03. The van der Waals surface area contributed by atoms with E-state index in [0.717, 1.165) is 68.5 Å². The molecule has 0 rings (SSSR count). The Morgan fingerprint density at radius 3 is 1.48 bits per heavy atom. The van der Waals surface area contributed by atoms with Gasteiger partial charge in [0.15, 0.2) is 5.12 Å². The van der Waals surface area contributed by atoms with Crippen molar-refractivity contribution in [2.75, 3.05) is 56.4 Å². The number of thiol groups is 1. The number of unbranched alkanes of at least 4 members (excludes halogenated alkanes) is 5. The lowest BCUT2D eigenvalue weighted by Gasteiger charge is -2.10. The number of carbonyl (C=O) groups excluding carboxylic acids is 1. The first-order valence-corrected chi connectivity index (χ1v) is 18.7. The Bertz CT molecular complexity index is 837. The van der Waals surface area contributed by atoms with Crippen LogP contribution in [0.15, 0.2) is 0 Å². The summed E-state index contributed by atoms with van der Waals surface area (Å²) in [4.78, 5) is 12.0. The number of terminal acetylenes is 5. The third-order valence-electron chi connectivity index (χ3n) is 4.46. The molecular formula is C34H59NO5S4. The number of carbonyl (C=O) groups is 1. The highest BCUT2D eigenvalue weighted by atomic mass is 32.2. The van der Waals surface area contributed by atoms with Gasteiger partial charge in [-0.3, -0.25) is 8.98 Å². The number of quaternary nitrogens is 1. The van der Waals surface area contributed by atoms with Crippen LogP contribution in [-0.2, 0) is 31.7 Å². The van der Waals surface area contributed by atoms with Gasteiger partial charge in [0.05, 0.1) is 32.5 Å². The summed E-state index contributed by atoms with van der Waals surface area (Å²) in [5.74, 6) is 14.9. The molecule has 0 saturated carbocycles. The van der Waals surface area contributed by atoms with Crippen LogP contribution in [0.25, 0.3) is 0 Å². The summed E-state index contributed by atoms with van der Waals surface area (Å²) in [6.07, 6.45) is 33.7. The summed E-state index contributed by atoms with van der Waals surface area (Å²) in [5, 5.41) is 8.27. The van der Waals surface area contributed by atoms with Gasteiger partial charge in [-0.2, -0.15) is 26.8 Å². The minimum Gasteiger partial charge on any atom is -0.793 e. The van der Waals surface area contributed by atoms with Gasteiger partial charge >= 0.3 is 0 Å². The first-order chi connectivity index (χ1) is 20.9. The number of hydrogen-bond acceptors (Lipinski definition) is 8. The molecule has 0 amide bonds. The van der Waals surface area contributed by atoms with E-state index in [1.807, 2.05) is 0 Å². The molecule has 254 valence electrons. The average Bonchev–Trinajstić information content (AvgIpc) is 3.00. The van der Waals surface area contributed by atoms with E-state index in [1.54, 1.807) is 11.8 Å².